The van der Waals surface area contributed by atoms with Crippen molar-refractivity contribution in [2.75, 3.05) is 25.7 Å². The number of methoxy groups -OCH3 is 2. The van der Waals surface area contributed by atoms with Gasteiger partial charge >= 0.3 is 0 Å². The van der Waals surface area contributed by atoms with Crippen LogP contribution >= 0.6 is 0 Å². The normalized spacial score (nSPS) is 13.3. The molecule has 0 bridgehead atoms. The summed E-state index contributed by atoms with van der Waals surface area (Å²) in [6, 6.07) is 18.6. The van der Waals surface area contributed by atoms with Crippen molar-refractivity contribution in [3.05, 3.63) is 66.2 Å². The molecule has 0 N–H and O–H groups in total. The highest BCUT2D eigenvalue weighted by molar-refractivity contribution is 6.52. The van der Waals surface area contributed by atoms with Gasteiger partial charge in [-0.15, -0.1) is 0 Å². The number of rotatable bonds is 5. The molecule has 168 valence electrons. The third-order valence-corrected chi connectivity index (χ3v) is 6.28. The average molecular weight is 452 g/mol. The van der Waals surface area contributed by atoms with Gasteiger partial charge in [-0.3, -0.25) is 14.5 Å². The van der Waals surface area contributed by atoms with E-state index in [4.69, 9.17) is 19.4 Å². The van der Waals surface area contributed by atoms with Crippen LogP contribution in [0.25, 0.3) is 33.1 Å². The first-order valence-corrected chi connectivity index (χ1v) is 10.9. The number of para-hydroxylation sites is 3. The van der Waals surface area contributed by atoms with E-state index >= 15 is 0 Å². The van der Waals surface area contributed by atoms with Gasteiger partial charge in [0.2, 0.25) is 0 Å². The Morgan fingerprint density at radius 2 is 1.65 bits per heavy atom. The second-order valence-corrected chi connectivity index (χ2v) is 8.06. The average Bonchev–Trinajstić information content (AvgIpc) is 3.31. The van der Waals surface area contributed by atoms with Crippen molar-refractivity contribution >= 4 is 50.5 Å². The molecule has 0 saturated heterocycles. The first-order valence-electron chi connectivity index (χ1n) is 10.9. The predicted molar refractivity (Wildman–Crippen MR) is 129 cm³/mol. The minimum Gasteiger partial charge on any atom is -0.497 e. The summed E-state index contributed by atoms with van der Waals surface area (Å²) < 4.78 is 12.9. The molecule has 0 radical (unpaired) electrons. The van der Waals surface area contributed by atoms with Gasteiger partial charge in [0.15, 0.2) is 5.65 Å². The van der Waals surface area contributed by atoms with E-state index in [1.165, 1.54) is 12.0 Å². The fourth-order valence-corrected chi connectivity index (χ4v) is 4.67. The van der Waals surface area contributed by atoms with Gasteiger partial charge in [0.25, 0.3) is 11.7 Å². The Labute approximate surface area is 194 Å². The van der Waals surface area contributed by atoms with E-state index in [-0.39, 0.29) is 6.54 Å². The number of amides is 1. The van der Waals surface area contributed by atoms with E-state index in [1.54, 1.807) is 25.3 Å². The van der Waals surface area contributed by atoms with Crippen LogP contribution in [-0.2, 0) is 11.3 Å². The van der Waals surface area contributed by atoms with Crippen molar-refractivity contribution in [1.82, 2.24) is 14.5 Å². The quantitative estimate of drug-likeness (QED) is 0.375. The van der Waals surface area contributed by atoms with Crippen molar-refractivity contribution in [1.29, 1.82) is 0 Å². The standard InChI is InChI=1S/C26H20N4O4/c1-33-15-10-11-20-17(14-15)22-25(28-19-8-4-3-7-18(19)27-22)29(20)12-13-30-23-16(24(31)26(30)32)6-5-9-21(23)34-2/h3-11,14H,12-13H2,1-2H3. The van der Waals surface area contributed by atoms with Crippen LogP contribution in [0.1, 0.15) is 10.4 Å². The van der Waals surface area contributed by atoms with Crippen molar-refractivity contribution in [2.45, 2.75) is 6.54 Å². The van der Waals surface area contributed by atoms with Gasteiger partial charge < -0.3 is 14.0 Å². The monoisotopic (exact) mass is 452 g/mol. The minimum atomic E-state index is -0.557. The molecule has 0 atom stereocenters. The number of anilines is 1. The molecule has 0 spiro atoms. The number of aromatic nitrogens is 3. The lowest BCUT2D eigenvalue weighted by Crippen LogP contribution is -2.33. The molecule has 1 amide bonds. The molecule has 6 rings (SSSR count). The number of nitrogens with zero attached hydrogens (tertiary/aromatic N) is 4. The van der Waals surface area contributed by atoms with Gasteiger partial charge in [0.05, 0.1) is 42.0 Å². The third kappa shape index (κ3) is 2.85. The largest absolute Gasteiger partial charge is 0.497 e. The van der Waals surface area contributed by atoms with Crippen molar-refractivity contribution in [3.8, 4) is 11.5 Å². The number of fused-ring (bicyclic) bond motifs is 5. The Morgan fingerprint density at radius 3 is 2.41 bits per heavy atom. The van der Waals surface area contributed by atoms with Crippen LogP contribution in [0.15, 0.2) is 60.7 Å². The molecule has 8 nitrogen and oxygen atoms in total. The highest BCUT2D eigenvalue weighted by Crippen LogP contribution is 2.38. The number of ketones is 1. The number of benzene rings is 3. The maximum absolute atomic E-state index is 12.8. The van der Waals surface area contributed by atoms with E-state index in [0.717, 1.165) is 33.2 Å². The topological polar surface area (TPSA) is 86.6 Å². The highest BCUT2D eigenvalue weighted by atomic mass is 16.5. The molecule has 8 heteroatoms. The van der Waals surface area contributed by atoms with Gasteiger partial charge in [0.1, 0.15) is 17.0 Å². The van der Waals surface area contributed by atoms with E-state index in [0.29, 0.717) is 29.2 Å². The molecular weight excluding hydrogens is 432 g/mol. The van der Waals surface area contributed by atoms with Crippen molar-refractivity contribution < 1.29 is 19.1 Å². The van der Waals surface area contributed by atoms with E-state index in [2.05, 4.69) is 0 Å². The summed E-state index contributed by atoms with van der Waals surface area (Å²) in [6.07, 6.45) is 0. The van der Waals surface area contributed by atoms with Crippen LogP contribution < -0.4 is 14.4 Å². The van der Waals surface area contributed by atoms with Crippen LogP contribution in [0.3, 0.4) is 0 Å². The predicted octanol–water partition coefficient (Wildman–Crippen LogP) is 3.98. The third-order valence-electron chi connectivity index (χ3n) is 6.28. The lowest BCUT2D eigenvalue weighted by Gasteiger charge is -2.19. The van der Waals surface area contributed by atoms with Crippen molar-refractivity contribution in [2.24, 2.45) is 0 Å². The summed E-state index contributed by atoms with van der Waals surface area (Å²) in [5.41, 5.74) is 4.85. The second kappa shape index (κ2) is 7.55. The number of hydrogen-bond donors (Lipinski definition) is 0. The Hall–Kier alpha value is -4.46. The fourth-order valence-electron chi connectivity index (χ4n) is 4.67. The molecule has 3 aromatic carbocycles. The SMILES string of the molecule is COc1ccc2c(c1)c1nc3ccccc3nc1n2CCN1C(=O)C(=O)c2cccc(OC)c21. The van der Waals surface area contributed by atoms with Crippen molar-refractivity contribution in [3.63, 3.8) is 0 Å². The molecule has 0 fully saturated rings. The van der Waals surface area contributed by atoms with E-state index < -0.39 is 11.7 Å². The zero-order valence-corrected chi connectivity index (χ0v) is 18.6. The van der Waals surface area contributed by atoms with Gasteiger partial charge in [-0.25, -0.2) is 9.97 Å². The molecule has 5 aromatic rings. The van der Waals surface area contributed by atoms with Crippen LogP contribution in [0, 0.1) is 0 Å². The summed E-state index contributed by atoms with van der Waals surface area (Å²) in [4.78, 5) is 36.7. The fraction of sp³-hybridized carbons (Fsp3) is 0.154. The molecule has 1 aliphatic heterocycles. The first-order chi connectivity index (χ1) is 16.6. The smallest absolute Gasteiger partial charge is 0.299 e. The summed E-state index contributed by atoms with van der Waals surface area (Å²) in [7, 11) is 3.16. The summed E-state index contributed by atoms with van der Waals surface area (Å²) in [5, 5.41) is 0.911. The zero-order chi connectivity index (χ0) is 23.4. The number of ether oxygens (including phenoxy) is 2. The van der Waals surface area contributed by atoms with Gasteiger partial charge in [-0.1, -0.05) is 18.2 Å². The minimum absolute atomic E-state index is 0.275. The highest BCUT2D eigenvalue weighted by Gasteiger charge is 2.38. The number of hydrogen-bond acceptors (Lipinski definition) is 6. The number of carbonyl (C=O) groups is 2. The van der Waals surface area contributed by atoms with E-state index in [1.807, 2.05) is 47.0 Å². The second-order valence-electron chi connectivity index (χ2n) is 8.06. The molecule has 0 unspecified atom stereocenters. The maximum Gasteiger partial charge on any atom is 0.299 e. The molecular formula is C26H20N4O4. The van der Waals surface area contributed by atoms with Crippen LogP contribution in [0.4, 0.5) is 5.69 Å². The maximum atomic E-state index is 12.8. The lowest BCUT2D eigenvalue weighted by atomic mass is 10.1. The zero-order valence-electron chi connectivity index (χ0n) is 18.6. The van der Waals surface area contributed by atoms with Crippen LogP contribution in [-0.4, -0.2) is 47.0 Å². The lowest BCUT2D eigenvalue weighted by molar-refractivity contribution is -0.114. The van der Waals surface area contributed by atoms with E-state index in [9.17, 15) is 9.59 Å². The molecule has 0 aliphatic carbocycles. The van der Waals surface area contributed by atoms with Gasteiger partial charge in [0, 0.05) is 18.5 Å². The van der Waals surface area contributed by atoms with Crippen LogP contribution in [0.5, 0.6) is 11.5 Å². The summed E-state index contributed by atoms with van der Waals surface area (Å²) in [5.74, 6) is 0.139. The number of carbonyl (C=O) groups excluding carboxylic acids is 2. The van der Waals surface area contributed by atoms with Gasteiger partial charge in [-0.05, 0) is 42.5 Å². The Morgan fingerprint density at radius 1 is 0.853 bits per heavy atom. The summed E-state index contributed by atoms with van der Waals surface area (Å²) >= 11 is 0. The van der Waals surface area contributed by atoms with Gasteiger partial charge in [-0.2, -0.15) is 0 Å². The summed E-state index contributed by atoms with van der Waals surface area (Å²) in [6.45, 7) is 0.688. The Bertz CT molecular complexity index is 1640. The molecule has 0 saturated carbocycles. The molecule has 3 heterocycles. The first kappa shape index (κ1) is 20.2. The Kier molecular flexibility index (Phi) is 4.48. The molecule has 1 aliphatic rings. The number of Topliss-reactive ketones (excluding diaryl/α,β-unsaturated/α-hetero) is 1. The Balaban J connectivity index is 1.50. The molecule has 2 aromatic heterocycles. The molecule has 34 heavy (non-hydrogen) atoms. The van der Waals surface area contributed by atoms with Crippen LogP contribution in [0.2, 0.25) is 0 Å².